The van der Waals surface area contributed by atoms with Gasteiger partial charge >= 0.3 is 0 Å². The number of amides is 2. The number of hydrogen-bond donors (Lipinski definition) is 2. The highest BCUT2D eigenvalue weighted by atomic mass is 16.5. The molecule has 8 nitrogen and oxygen atoms in total. The molecule has 31 heavy (non-hydrogen) atoms. The molecule has 2 amide bonds. The Kier molecular flexibility index (Phi) is 7.36. The fourth-order valence-corrected chi connectivity index (χ4v) is 3.23. The van der Waals surface area contributed by atoms with E-state index in [-0.39, 0.29) is 17.9 Å². The molecule has 3 aromatic rings. The van der Waals surface area contributed by atoms with Gasteiger partial charge in [0.15, 0.2) is 5.65 Å². The predicted molar refractivity (Wildman–Crippen MR) is 120 cm³/mol. The number of benzene rings is 1. The Morgan fingerprint density at radius 2 is 2.00 bits per heavy atom. The van der Waals surface area contributed by atoms with E-state index in [4.69, 9.17) is 4.74 Å². The zero-order valence-corrected chi connectivity index (χ0v) is 18.4. The molecule has 0 atom stereocenters. The first-order valence-corrected chi connectivity index (χ1v) is 10.5. The van der Waals surface area contributed by atoms with Gasteiger partial charge < -0.3 is 15.4 Å². The maximum absolute atomic E-state index is 12.9. The molecule has 0 fully saturated rings. The molecule has 164 valence electrons. The lowest BCUT2D eigenvalue weighted by molar-refractivity contribution is 0.0943. The van der Waals surface area contributed by atoms with Crippen LogP contribution in [0.15, 0.2) is 36.5 Å². The summed E-state index contributed by atoms with van der Waals surface area (Å²) in [4.78, 5) is 29.8. The zero-order valence-electron chi connectivity index (χ0n) is 18.4. The summed E-state index contributed by atoms with van der Waals surface area (Å²) in [5.41, 5.74) is 2.88. The van der Waals surface area contributed by atoms with Gasteiger partial charge in [-0.05, 0) is 58.4 Å². The van der Waals surface area contributed by atoms with Crippen molar-refractivity contribution in [2.45, 2.75) is 40.2 Å². The summed E-state index contributed by atoms with van der Waals surface area (Å²) in [6.45, 7) is 9.62. The number of carbonyl (C=O) groups is 2. The van der Waals surface area contributed by atoms with Crippen LogP contribution in [0, 0.1) is 6.92 Å². The van der Waals surface area contributed by atoms with Crippen molar-refractivity contribution in [2.75, 3.05) is 25.1 Å². The molecule has 0 aliphatic carbocycles. The normalized spacial score (nSPS) is 11.1. The molecule has 0 radical (unpaired) electrons. The molecule has 8 heteroatoms. The van der Waals surface area contributed by atoms with Gasteiger partial charge in [0, 0.05) is 42.4 Å². The average Bonchev–Trinajstić information content (AvgIpc) is 3.16. The number of aromatic nitrogens is 3. The van der Waals surface area contributed by atoms with Crippen LogP contribution >= 0.6 is 0 Å². The van der Waals surface area contributed by atoms with E-state index in [0.717, 1.165) is 17.5 Å². The van der Waals surface area contributed by atoms with Gasteiger partial charge in [-0.3, -0.25) is 9.59 Å². The van der Waals surface area contributed by atoms with E-state index in [0.29, 0.717) is 42.3 Å². The van der Waals surface area contributed by atoms with Crippen molar-refractivity contribution in [2.24, 2.45) is 0 Å². The van der Waals surface area contributed by atoms with Crippen molar-refractivity contribution in [1.82, 2.24) is 20.1 Å². The molecule has 0 aliphatic heterocycles. The van der Waals surface area contributed by atoms with Crippen molar-refractivity contribution < 1.29 is 14.3 Å². The van der Waals surface area contributed by atoms with Gasteiger partial charge in [-0.1, -0.05) is 6.07 Å². The van der Waals surface area contributed by atoms with E-state index < -0.39 is 0 Å². The molecule has 2 heterocycles. The van der Waals surface area contributed by atoms with Crippen molar-refractivity contribution in [3.05, 3.63) is 53.3 Å². The number of hydrogen-bond acceptors (Lipinski definition) is 5. The Bertz CT molecular complexity index is 1070. The highest BCUT2D eigenvalue weighted by Gasteiger charge is 2.16. The minimum atomic E-state index is -0.279. The lowest BCUT2D eigenvalue weighted by atomic mass is 10.1. The lowest BCUT2D eigenvalue weighted by Crippen LogP contribution is -2.25. The zero-order chi connectivity index (χ0) is 22.4. The molecule has 0 aliphatic rings. The minimum absolute atomic E-state index is 0.178. The summed E-state index contributed by atoms with van der Waals surface area (Å²) >= 11 is 0. The van der Waals surface area contributed by atoms with Gasteiger partial charge in [0.2, 0.25) is 0 Å². The molecule has 2 aromatic heterocycles. The number of ether oxygens (including phenoxy) is 1. The summed E-state index contributed by atoms with van der Waals surface area (Å²) in [7, 11) is 0. The number of nitrogens with one attached hydrogen (secondary N) is 2. The number of nitrogens with zero attached hydrogens (tertiary/aromatic N) is 3. The third-order valence-electron chi connectivity index (χ3n) is 4.83. The van der Waals surface area contributed by atoms with Gasteiger partial charge in [-0.25, -0.2) is 9.67 Å². The van der Waals surface area contributed by atoms with Crippen LogP contribution in [0.3, 0.4) is 0 Å². The summed E-state index contributed by atoms with van der Waals surface area (Å²) in [5.74, 6) is -0.466. The smallest absolute Gasteiger partial charge is 0.257 e. The fourth-order valence-electron chi connectivity index (χ4n) is 3.23. The molecule has 1 aromatic carbocycles. The number of pyridine rings is 1. The van der Waals surface area contributed by atoms with Gasteiger partial charge in [0.1, 0.15) is 0 Å². The first kappa shape index (κ1) is 22.4. The maximum Gasteiger partial charge on any atom is 0.257 e. The van der Waals surface area contributed by atoms with E-state index in [2.05, 4.69) is 20.7 Å². The van der Waals surface area contributed by atoms with Crippen LogP contribution in [-0.2, 0) is 4.74 Å². The van der Waals surface area contributed by atoms with Crippen LogP contribution in [0.2, 0.25) is 0 Å². The Hall–Kier alpha value is -3.26. The van der Waals surface area contributed by atoms with Gasteiger partial charge in [-0.2, -0.15) is 5.10 Å². The van der Waals surface area contributed by atoms with E-state index in [1.54, 1.807) is 43.5 Å². The Morgan fingerprint density at radius 3 is 2.74 bits per heavy atom. The molecule has 3 rings (SSSR count). The SMILES string of the molecule is CCOCCCNC(=O)c1cccc(NC(=O)c2cc3cnn(C(C)C)c3nc2C)c1. The molecule has 2 N–H and O–H groups in total. The van der Waals surface area contributed by atoms with Crippen molar-refractivity contribution in [1.29, 1.82) is 0 Å². The topological polar surface area (TPSA) is 98.1 Å². The monoisotopic (exact) mass is 423 g/mol. The van der Waals surface area contributed by atoms with Crippen molar-refractivity contribution in [3.8, 4) is 0 Å². The van der Waals surface area contributed by atoms with E-state index in [1.807, 2.05) is 25.5 Å². The minimum Gasteiger partial charge on any atom is -0.382 e. The number of rotatable bonds is 9. The number of aryl methyl sites for hydroxylation is 1. The highest BCUT2D eigenvalue weighted by Crippen LogP contribution is 2.20. The van der Waals surface area contributed by atoms with Crippen molar-refractivity contribution >= 4 is 28.5 Å². The first-order valence-electron chi connectivity index (χ1n) is 10.5. The molecular formula is C23H29N5O3. The summed E-state index contributed by atoms with van der Waals surface area (Å²) in [6.07, 6.45) is 2.47. The Labute approximate surface area is 182 Å². The molecule has 0 saturated carbocycles. The van der Waals surface area contributed by atoms with Gasteiger partial charge in [0.25, 0.3) is 11.8 Å². The number of fused-ring (bicyclic) bond motifs is 1. The summed E-state index contributed by atoms with van der Waals surface area (Å²) in [6, 6.07) is 8.85. The second kappa shape index (κ2) is 10.2. The number of carbonyl (C=O) groups excluding carboxylic acids is 2. The molecule has 0 spiro atoms. The molecular weight excluding hydrogens is 394 g/mol. The van der Waals surface area contributed by atoms with Crippen LogP contribution in [0.4, 0.5) is 5.69 Å². The van der Waals surface area contributed by atoms with E-state index in [9.17, 15) is 9.59 Å². The number of anilines is 1. The maximum atomic E-state index is 12.9. The van der Waals surface area contributed by atoms with Crippen LogP contribution in [-0.4, -0.2) is 46.3 Å². The third kappa shape index (κ3) is 5.46. The lowest BCUT2D eigenvalue weighted by Gasteiger charge is -2.11. The van der Waals surface area contributed by atoms with Gasteiger partial charge in [-0.15, -0.1) is 0 Å². The quantitative estimate of drug-likeness (QED) is 0.511. The largest absolute Gasteiger partial charge is 0.382 e. The van der Waals surface area contributed by atoms with Crippen molar-refractivity contribution in [3.63, 3.8) is 0 Å². The second-order valence-corrected chi connectivity index (χ2v) is 7.56. The first-order chi connectivity index (χ1) is 14.9. The average molecular weight is 424 g/mol. The highest BCUT2D eigenvalue weighted by molar-refractivity contribution is 6.07. The van der Waals surface area contributed by atoms with Crippen LogP contribution in [0.1, 0.15) is 59.6 Å². The molecule has 0 saturated heterocycles. The Morgan fingerprint density at radius 1 is 1.19 bits per heavy atom. The van der Waals surface area contributed by atoms with Crippen LogP contribution in [0.25, 0.3) is 11.0 Å². The molecule has 0 bridgehead atoms. The molecule has 0 unspecified atom stereocenters. The second-order valence-electron chi connectivity index (χ2n) is 7.56. The van der Waals surface area contributed by atoms with Gasteiger partial charge in [0.05, 0.1) is 17.5 Å². The van der Waals surface area contributed by atoms with Crippen LogP contribution < -0.4 is 10.6 Å². The van der Waals surface area contributed by atoms with E-state index in [1.165, 1.54) is 0 Å². The summed E-state index contributed by atoms with van der Waals surface area (Å²) in [5, 5.41) is 10.9. The third-order valence-corrected chi connectivity index (χ3v) is 4.83. The van der Waals surface area contributed by atoms with E-state index >= 15 is 0 Å². The standard InChI is InChI=1S/C23H29N5O3/c1-5-31-11-7-10-24-22(29)17-8-6-9-19(12-17)27-23(30)20-13-18-14-25-28(15(2)3)21(18)26-16(20)4/h6,8-9,12-15H,5,7,10-11H2,1-4H3,(H,24,29)(H,27,30). The predicted octanol–water partition coefficient (Wildman–Crippen LogP) is 3.73. The fraction of sp³-hybridized carbons (Fsp3) is 0.391. The van der Waals surface area contributed by atoms with Crippen LogP contribution in [0.5, 0.6) is 0 Å². The summed E-state index contributed by atoms with van der Waals surface area (Å²) < 4.78 is 7.10. The Balaban J connectivity index is 1.70.